The summed E-state index contributed by atoms with van der Waals surface area (Å²) in [6.07, 6.45) is 0.505. The van der Waals surface area contributed by atoms with Crippen molar-refractivity contribution in [3.8, 4) is 16.9 Å². The molecule has 7 heteroatoms. The molecule has 7 nitrogen and oxygen atoms in total. The molecule has 1 aliphatic rings. The third kappa shape index (κ3) is 4.37. The fourth-order valence-corrected chi connectivity index (χ4v) is 4.17. The fraction of sp³-hybridized carbons (Fsp3) is 0.320. The van der Waals surface area contributed by atoms with Crippen molar-refractivity contribution in [2.45, 2.75) is 39.8 Å². The summed E-state index contributed by atoms with van der Waals surface area (Å²) in [5, 5.41) is 7.29. The molecule has 0 fully saturated rings. The Balaban J connectivity index is 1.50. The zero-order valence-electron chi connectivity index (χ0n) is 18.8. The van der Waals surface area contributed by atoms with E-state index in [0.29, 0.717) is 18.5 Å². The Morgan fingerprint density at radius 1 is 1.16 bits per heavy atom. The molecule has 0 radical (unpaired) electrons. The van der Waals surface area contributed by atoms with E-state index in [1.54, 1.807) is 10.7 Å². The van der Waals surface area contributed by atoms with Crippen LogP contribution in [-0.4, -0.2) is 41.4 Å². The third-order valence-corrected chi connectivity index (χ3v) is 5.59. The Morgan fingerprint density at radius 2 is 1.94 bits per heavy atom. The van der Waals surface area contributed by atoms with Gasteiger partial charge in [-0.25, -0.2) is 4.79 Å². The van der Waals surface area contributed by atoms with Gasteiger partial charge in [-0.15, -0.1) is 0 Å². The smallest absolute Gasteiger partial charge is 0.338 e. The highest BCUT2D eigenvalue weighted by Gasteiger charge is 2.28. The average molecular weight is 434 g/mol. The van der Waals surface area contributed by atoms with E-state index < -0.39 is 0 Å². The lowest BCUT2D eigenvalue weighted by molar-refractivity contribution is -0.122. The maximum absolute atomic E-state index is 12.4. The van der Waals surface area contributed by atoms with Crippen molar-refractivity contribution in [1.82, 2.24) is 15.1 Å². The van der Waals surface area contributed by atoms with Gasteiger partial charge in [-0.3, -0.25) is 9.48 Å². The molecule has 1 N–H and O–H groups in total. The molecular formula is C25H27N3O4. The SMILES string of the molecule is COC(=O)c1ccccc1-c1cc(C)cc2c1O[C@H](CNC(=O)Cn1nc(C)cc1C)C2. The number of ether oxygens (including phenoxy) is 2. The van der Waals surface area contributed by atoms with Crippen molar-refractivity contribution in [2.24, 2.45) is 0 Å². The molecule has 0 spiro atoms. The normalized spacial score (nSPS) is 14.6. The molecule has 1 aliphatic heterocycles. The van der Waals surface area contributed by atoms with E-state index in [-0.39, 0.29) is 24.5 Å². The van der Waals surface area contributed by atoms with E-state index in [9.17, 15) is 9.59 Å². The molecule has 0 unspecified atom stereocenters. The number of carbonyl (C=O) groups is 2. The van der Waals surface area contributed by atoms with Gasteiger partial charge in [-0.05, 0) is 55.7 Å². The predicted octanol–water partition coefficient (Wildman–Crippen LogP) is 3.38. The van der Waals surface area contributed by atoms with Crippen LogP contribution >= 0.6 is 0 Å². The Bertz CT molecular complexity index is 1180. The van der Waals surface area contributed by atoms with Crippen LogP contribution in [0.4, 0.5) is 0 Å². The number of methoxy groups -OCH3 is 1. The number of rotatable bonds is 6. The lowest BCUT2D eigenvalue weighted by Crippen LogP contribution is -2.36. The molecule has 0 aliphatic carbocycles. The first-order valence-electron chi connectivity index (χ1n) is 10.6. The van der Waals surface area contributed by atoms with Crippen LogP contribution in [-0.2, 0) is 22.5 Å². The van der Waals surface area contributed by atoms with E-state index in [1.807, 2.05) is 51.1 Å². The summed E-state index contributed by atoms with van der Waals surface area (Å²) in [6.45, 7) is 6.43. The molecule has 32 heavy (non-hydrogen) atoms. The van der Waals surface area contributed by atoms with Gasteiger partial charge < -0.3 is 14.8 Å². The van der Waals surface area contributed by atoms with Crippen molar-refractivity contribution in [2.75, 3.05) is 13.7 Å². The zero-order chi connectivity index (χ0) is 22.8. The highest BCUT2D eigenvalue weighted by molar-refractivity contribution is 5.98. The van der Waals surface area contributed by atoms with Gasteiger partial charge in [-0.2, -0.15) is 5.10 Å². The molecule has 4 rings (SSSR count). The minimum absolute atomic E-state index is 0.108. The van der Waals surface area contributed by atoms with Crippen molar-refractivity contribution >= 4 is 11.9 Å². The summed E-state index contributed by atoms with van der Waals surface area (Å²) in [5.41, 5.74) is 6.11. The molecule has 1 aromatic heterocycles. The Hall–Kier alpha value is -3.61. The molecule has 2 aromatic carbocycles. The van der Waals surface area contributed by atoms with Gasteiger partial charge in [0.2, 0.25) is 5.91 Å². The van der Waals surface area contributed by atoms with Gasteiger partial charge in [0.15, 0.2) is 0 Å². The first-order chi connectivity index (χ1) is 15.4. The quantitative estimate of drug-likeness (QED) is 0.603. The fourth-order valence-electron chi connectivity index (χ4n) is 4.17. The number of fused-ring (bicyclic) bond motifs is 1. The highest BCUT2D eigenvalue weighted by atomic mass is 16.5. The summed E-state index contributed by atoms with van der Waals surface area (Å²) >= 11 is 0. The van der Waals surface area contributed by atoms with Crippen LogP contribution in [0, 0.1) is 20.8 Å². The molecular weight excluding hydrogens is 406 g/mol. The average Bonchev–Trinajstić information content (AvgIpc) is 3.32. The molecule has 0 bridgehead atoms. The van der Waals surface area contributed by atoms with Crippen LogP contribution in [0.15, 0.2) is 42.5 Å². The first-order valence-corrected chi connectivity index (χ1v) is 10.6. The second-order valence-corrected chi connectivity index (χ2v) is 8.17. The van der Waals surface area contributed by atoms with Crippen LogP contribution in [0.5, 0.6) is 5.75 Å². The molecule has 0 saturated heterocycles. The Labute approximate surface area is 187 Å². The van der Waals surface area contributed by atoms with E-state index in [4.69, 9.17) is 9.47 Å². The van der Waals surface area contributed by atoms with Gasteiger partial charge in [-0.1, -0.05) is 24.3 Å². The van der Waals surface area contributed by atoms with Gasteiger partial charge in [0.25, 0.3) is 0 Å². The lowest BCUT2D eigenvalue weighted by atomic mass is 9.94. The molecule has 0 saturated carbocycles. The number of nitrogens with zero attached hydrogens (tertiary/aromatic N) is 2. The number of aromatic nitrogens is 2. The maximum atomic E-state index is 12.4. The minimum Gasteiger partial charge on any atom is -0.487 e. The van der Waals surface area contributed by atoms with Crippen molar-refractivity contribution in [3.05, 3.63) is 70.5 Å². The van der Waals surface area contributed by atoms with E-state index in [1.165, 1.54) is 7.11 Å². The topological polar surface area (TPSA) is 82.5 Å². The van der Waals surface area contributed by atoms with Crippen LogP contribution in [0.2, 0.25) is 0 Å². The predicted molar refractivity (Wildman–Crippen MR) is 121 cm³/mol. The van der Waals surface area contributed by atoms with Gasteiger partial charge in [0, 0.05) is 17.7 Å². The molecule has 2 heterocycles. The van der Waals surface area contributed by atoms with Gasteiger partial charge in [0.1, 0.15) is 18.4 Å². The van der Waals surface area contributed by atoms with Gasteiger partial charge >= 0.3 is 5.97 Å². The van der Waals surface area contributed by atoms with Crippen LogP contribution < -0.4 is 10.1 Å². The van der Waals surface area contributed by atoms with Crippen LogP contribution in [0.1, 0.15) is 32.9 Å². The van der Waals surface area contributed by atoms with Crippen LogP contribution in [0.25, 0.3) is 11.1 Å². The van der Waals surface area contributed by atoms with E-state index in [0.717, 1.165) is 39.4 Å². The largest absolute Gasteiger partial charge is 0.487 e. The van der Waals surface area contributed by atoms with E-state index >= 15 is 0 Å². The number of amides is 1. The minimum atomic E-state index is -0.387. The van der Waals surface area contributed by atoms with Gasteiger partial charge in [0.05, 0.1) is 24.9 Å². The molecule has 166 valence electrons. The Morgan fingerprint density at radius 3 is 2.66 bits per heavy atom. The zero-order valence-corrected chi connectivity index (χ0v) is 18.8. The number of hydrogen-bond donors (Lipinski definition) is 1. The van der Waals surface area contributed by atoms with Crippen molar-refractivity contribution < 1.29 is 19.1 Å². The van der Waals surface area contributed by atoms with Crippen molar-refractivity contribution in [1.29, 1.82) is 0 Å². The number of aryl methyl sites for hydroxylation is 3. The number of esters is 1. The lowest BCUT2D eigenvalue weighted by Gasteiger charge is -2.15. The molecule has 3 aromatic rings. The van der Waals surface area contributed by atoms with Crippen LogP contribution in [0.3, 0.4) is 0 Å². The van der Waals surface area contributed by atoms with Crippen molar-refractivity contribution in [3.63, 3.8) is 0 Å². The Kier molecular flexibility index (Phi) is 5.99. The van der Waals surface area contributed by atoms with E-state index in [2.05, 4.69) is 16.5 Å². The summed E-state index contributed by atoms with van der Waals surface area (Å²) < 4.78 is 12.9. The number of nitrogens with one attached hydrogen (secondary N) is 1. The summed E-state index contributed by atoms with van der Waals surface area (Å²) in [6, 6.07) is 13.4. The maximum Gasteiger partial charge on any atom is 0.338 e. The number of hydrogen-bond acceptors (Lipinski definition) is 5. The third-order valence-electron chi connectivity index (χ3n) is 5.59. The molecule has 1 amide bonds. The second kappa shape index (κ2) is 8.86. The molecule has 1 atom stereocenters. The standard InChI is InChI=1S/C25H27N3O4/c1-15-9-18-12-19(13-26-23(29)14-28-17(3)11-16(2)27-28)32-24(18)22(10-15)20-7-5-6-8-21(20)25(30)31-4/h5-11,19H,12-14H2,1-4H3,(H,26,29)/t19-/m0/s1. The number of carbonyl (C=O) groups excluding carboxylic acids is 2. The second-order valence-electron chi connectivity index (χ2n) is 8.17. The summed E-state index contributed by atoms with van der Waals surface area (Å²) in [7, 11) is 1.38. The first kappa shape index (κ1) is 21.6. The summed E-state index contributed by atoms with van der Waals surface area (Å²) in [4.78, 5) is 24.7. The number of benzene rings is 2. The highest BCUT2D eigenvalue weighted by Crippen LogP contribution is 2.41. The monoisotopic (exact) mass is 433 g/mol. The summed E-state index contributed by atoms with van der Waals surface area (Å²) in [5.74, 6) is 0.259.